The van der Waals surface area contributed by atoms with Gasteiger partial charge in [0.2, 0.25) is 0 Å². The first-order valence-electron chi connectivity index (χ1n) is 7.46. The van der Waals surface area contributed by atoms with E-state index in [9.17, 15) is 0 Å². The average Bonchev–Trinajstić information content (AvgIpc) is 2.34. The van der Waals surface area contributed by atoms with Crippen molar-refractivity contribution in [3.05, 3.63) is 11.9 Å². The number of rotatable bonds is 5. The van der Waals surface area contributed by atoms with Crippen molar-refractivity contribution in [2.75, 3.05) is 17.7 Å². The predicted octanol–water partition coefficient (Wildman–Crippen LogP) is 2.98. The number of anilines is 2. The number of nitrogens with two attached hydrogens (primary N) is 1. The summed E-state index contributed by atoms with van der Waals surface area (Å²) >= 11 is 0. The molecule has 112 valence electrons. The fourth-order valence-corrected chi connectivity index (χ4v) is 2.88. The SMILES string of the molecule is CCOCc1nc(N)cc(NC2CCCC(C)(C)C2)n1. The fraction of sp³-hybridized carbons (Fsp3) is 0.733. The van der Waals surface area contributed by atoms with Crippen molar-refractivity contribution in [1.29, 1.82) is 0 Å². The van der Waals surface area contributed by atoms with Crippen molar-refractivity contribution < 1.29 is 4.74 Å². The third-order valence-electron chi connectivity index (χ3n) is 3.78. The van der Waals surface area contributed by atoms with Crippen molar-refractivity contribution in [2.45, 2.75) is 59.1 Å². The maximum atomic E-state index is 5.84. The molecule has 1 unspecified atom stereocenters. The Balaban J connectivity index is 2.03. The summed E-state index contributed by atoms with van der Waals surface area (Å²) in [5, 5.41) is 3.51. The molecule has 0 aliphatic heterocycles. The molecule has 1 aliphatic carbocycles. The minimum atomic E-state index is 0.405. The molecule has 0 saturated heterocycles. The summed E-state index contributed by atoms with van der Waals surface area (Å²) in [4.78, 5) is 8.68. The zero-order valence-corrected chi connectivity index (χ0v) is 12.8. The molecule has 5 heteroatoms. The van der Waals surface area contributed by atoms with E-state index in [2.05, 4.69) is 29.1 Å². The molecule has 1 aromatic heterocycles. The van der Waals surface area contributed by atoms with Crippen molar-refractivity contribution in [3.63, 3.8) is 0 Å². The molecule has 3 N–H and O–H groups in total. The molecule has 0 aromatic carbocycles. The van der Waals surface area contributed by atoms with Gasteiger partial charge in [-0.15, -0.1) is 0 Å². The summed E-state index contributed by atoms with van der Waals surface area (Å²) in [7, 11) is 0. The van der Waals surface area contributed by atoms with E-state index in [1.165, 1.54) is 19.3 Å². The molecule has 1 heterocycles. The lowest BCUT2D eigenvalue weighted by molar-refractivity contribution is 0.128. The number of hydrogen-bond acceptors (Lipinski definition) is 5. The van der Waals surface area contributed by atoms with E-state index in [1.54, 1.807) is 6.07 Å². The highest BCUT2D eigenvalue weighted by molar-refractivity contribution is 5.45. The van der Waals surface area contributed by atoms with Crippen LogP contribution in [0.2, 0.25) is 0 Å². The van der Waals surface area contributed by atoms with Crippen LogP contribution in [0.3, 0.4) is 0 Å². The van der Waals surface area contributed by atoms with Gasteiger partial charge in [-0.2, -0.15) is 0 Å². The molecule has 1 aliphatic rings. The molecule has 5 nitrogen and oxygen atoms in total. The van der Waals surface area contributed by atoms with Gasteiger partial charge in [-0.3, -0.25) is 0 Å². The van der Waals surface area contributed by atoms with E-state index in [0.29, 0.717) is 36.3 Å². The summed E-state index contributed by atoms with van der Waals surface area (Å²) in [5.41, 5.74) is 6.25. The minimum Gasteiger partial charge on any atom is -0.384 e. The number of nitrogens with zero attached hydrogens (tertiary/aromatic N) is 2. The molecule has 1 atom stereocenters. The van der Waals surface area contributed by atoms with Gasteiger partial charge in [0, 0.05) is 18.7 Å². The van der Waals surface area contributed by atoms with E-state index < -0.39 is 0 Å². The van der Waals surface area contributed by atoms with E-state index in [-0.39, 0.29) is 0 Å². The van der Waals surface area contributed by atoms with Gasteiger partial charge in [-0.25, -0.2) is 9.97 Å². The largest absolute Gasteiger partial charge is 0.384 e. The van der Waals surface area contributed by atoms with Crippen molar-refractivity contribution >= 4 is 11.6 Å². The Morgan fingerprint density at radius 2 is 2.25 bits per heavy atom. The molecular weight excluding hydrogens is 252 g/mol. The van der Waals surface area contributed by atoms with Crippen LogP contribution in [0.4, 0.5) is 11.6 Å². The highest BCUT2D eigenvalue weighted by atomic mass is 16.5. The van der Waals surface area contributed by atoms with Gasteiger partial charge in [0.05, 0.1) is 0 Å². The Hall–Kier alpha value is -1.36. The third kappa shape index (κ3) is 4.34. The summed E-state index contributed by atoms with van der Waals surface area (Å²) in [6.45, 7) is 7.67. The number of ether oxygens (including phenoxy) is 1. The standard InChI is InChI=1S/C15H26N4O/c1-4-20-10-14-18-12(16)8-13(19-14)17-11-6-5-7-15(2,3)9-11/h8,11H,4-7,9-10H2,1-3H3,(H3,16,17,18,19). The maximum Gasteiger partial charge on any atom is 0.158 e. The topological polar surface area (TPSA) is 73.1 Å². The zero-order valence-electron chi connectivity index (χ0n) is 12.8. The molecule has 0 bridgehead atoms. The van der Waals surface area contributed by atoms with Crippen LogP contribution in [0, 0.1) is 5.41 Å². The molecule has 1 fully saturated rings. The molecule has 1 saturated carbocycles. The normalized spacial score (nSPS) is 21.6. The first-order chi connectivity index (χ1) is 9.48. The van der Waals surface area contributed by atoms with Gasteiger partial charge in [-0.05, 0) is 31.6 Å². The monoisotopic (exact) mass is 278 g/mol. The molecular formula is C15H26N4O. The van der Waals surface area contributed by atoms with Gasteiger partial charge in [0.15, 0.2) is 5.82 Å². The number of aromatic nitrogens is 2. The van der Waals surface area contributed by atoms with E-state index >= 15 is 0 Å². The first-order valence-corrected chi connectivity index (χ1v) is 7.46. The molecule has 0 amide bonds. The van der Waals surface area contributed by atoms with Crippen molar-refractivity contribution in [3.8, 4) is 0 Å². The second kappa shape index (κ2) is 6.39. The lowest BCUT2D eigenvalue weighted by atomic mass is 9.75. The van der Waals surface area contributed by atoms with Crippen LogP contribution < -0.4 is 11.1 Å². The van der Waals surface area contributed by atoms with Crippen molar-refractivity contribution in [1.82, 2.24) is 9.97 Å². The third-order valence-corrected chi connectivity index (χ3v) is 3.78. The maximum absolute atomic E-state index is 5.84. The number of nitrogen functional groups attached to an aromatic ring is 1. The summed E-state index contributed by atoms with van der Waals surface area (Å²) in [6, 6.07) is 2.27. The predicted molar refractivity (Wildman–Crippen MR) is 81.4 cm³/mol. The highest BCUT2D eigenvalue weighted by Crippen LogP contribution is 2.36. The molecule has 0 radical (unpaired) electrons. The summed E-state index contributed by atoms with van der Waals surface area (Å²) in [6.07, 6.45) is 4.91. The second-order valence-electron chi connectivity index (χ2n) is 6.33. The van der Waals surface area contributed by atoms with Crippen LogP contribution in [-0.2, 0) is 11.3 Å². The zero-order chi connectivity index (χ0) is 14.6. The van der Waals surface area contributed by atoms with Crippen LogP contribution in [0.1, 0.15) is 52.3 Å². The molecule has 20 heavy (non-hydrogen) atoms. The lowest BCUT2D eigenvalue weighted by Gasteiger charge is -2.35. The van der Waals surface area contributed by atoms with E-state index in [0.717, 1.165) is 12.2 Å². The minimum absolute atomic E-state index is 0.405. The van der Waals surface area contributed by atoms with E-state index in [1.807, 2.05) is 6.92 Å². The molecule has 1 aromatic rings. The van der Waals surface area contributed by atoms with Gasteiger partial charge in [0.1, 0.15) is 18.2 Å². The fourth-order valence-electron chi connectivity index (χ4n) is 2.88. The lowest BCUT2D eigenvalue weighted by Crippen LogP contribution is -2.32. The number of hydrogen-bond donors (Lipinski definition) is 2. The number of nitrogens with one attached hydrogen (secondary N) is 1. The Morgan fingerprint density at radius 1 is 1.45 bits per heavy atom. The Labute approximate surface area is 121 Å². The van der Waals surface area contributed by atoms with Gasteiger partial charge in [0.25, 0.3) is 0 Å². The Morgan fingerprint density at radius 3 is 2.95 bits per heavy atom. The Bertz CT molecular complexity index is 447. The Kier molecular flexibility index (Phi) is 4.81. The second-order valence-corrected chi connectivity index (χ2v) is 6.33. The molecule has 0 spiro atoms. The smallest absolute Gasteiger partial charge is 0.158 e. The van der Waals surface area contributed by atoms with Crippen molar-refractivity contribution in [2.24, 2.45) is 5.41 Å². The summed E-state index contributed by atoms with van der Waals surface area (Å²) < 4.78 is 5.34. The average molecular weight is 278 g/mol. The van der Waals surface area contributed by atoms with Crippen LogP contribution in [0.5, 0.6) is 0 Å². The van der Waals surface area contributed by atoms with Crippen LogP contribution in [0.25, 0.3) is 0 Å². The van der Waals surface area contributed by atoms with Gasteiger partial charge in [-0.1, -0.05) is 20.3 Å². The van der Waals surface area contributed by atoms with Crippen LogP contribution in [-0.4, -0.2) is 22.6 Å². The van der Waals surface area contributed by atoms with Gasteiger partial charge >= 0.3 is 0 Å². The quantitative estimate of drug-likeness (QED) is 0.866. The molecule has 2 rings (SSSR count). The van der Waals surface area contributed by atoms with Gasteiger partial charge < -0.3 is 15.8 Å². The summed E-state index contributed by atoms with van der Waals surface area (Å²) in [5.74, 6) is 1.95. The van der Waals surface area contributed by atoms with E-state index in [4.69, 9.17) is 10.5 Å². The van der Waals surface area contributed by atoms with Crippen LogP contribution in [0.15, 0.2) is 6.07 Å². The highest BCUT2D eigenvalue weighted by Gasteiger charge is 2.28. The first kappa shape index (κ1) is 15.0. The van der Waals surface area contributed by atoms with Crippen LogP contribution >= 0.6 is 0 Å².